The molecule has 0 aliphatic carbocycles. The molecule has 0 bridgehead atoms. The fraction of sp³-hybridized carbons (Fsp3) is 0.769. The van der Waals surface area contributed by atoms with Crippen LogP contribution in [0.2, 0.25) is 0 Å². The molecule has 0 aliphatic rings. The lowest BCUT2D eigenvalue weighted by atomic mass is 10.1. The van der Waals surface area contributed by atoms with Gasteiger partial charge < -0.3 is 14.6 Å². The standard InChI is InChI=1S/C13H22F3N3O/c1-3-17-11(6-9-20-10-13(14,15)16)4-5-12-18-7-8-19(12)2/h7-8,11,17H,3-6,9-10H2,1-2H3. The summed E-state index contributed by atoms with van der Waals surface area (Å²) in [7, 11) is 1.93. The molecule has 0 saturated carbocycles. The van der Waals surface area contributed by atoms with Crippen LogP contribution in [0.4, 0.5) is 13.2 Å². The average Bonchev–Trinajstić information content (AvgIpc) is 2.76. The smallest absolute Gasteiger partial charge is 0.372 e. The van der Waals surface area contributed by atoms with E-state index in [0.29, 0.717) is 6.42 Å². The molecule has 20 heavy (non-hydrogen) atoms. The van der Waals surface area contributed by atoms with Crippen LogP contribution in [-0.4, -0.2) is 41.5 Å². The lowest BCUT2D eigenvalue weighted by molar-refractivity contribution is -0.174. The van der Waals surface area contributed by atoms with Crippen molar-refractivity contribution in [2.24, 2.45) is 7.05 Å². The largest absolute Gasteiger partial charge is 0.411 e. The maximum absolute atomic E-state index is 12.0. The van der Waals surface area contributed by atoms with Gasteiger partial charge in [0.2, 0.25) is 0 Å². The highest BCUT2D eigenvalue weighted by Gasteiger charge is 2.27. The lowest BCUT2D eigenvalue weighted by Gasteiger charge is -2.18. The first kappa shape index (κ1) is 17.0. The Hall–Kier alpha value is -1.08. The zero-order chi connectivity index (χ0) is 15.0. The molecule has 1 N–H and O–H groups in total. The molecule has 0 aliphatic heterocycles. The van der Waals surface area contributed by atoms with Crippen LogP contribution in [0.3, 0.4) is 0 Å². The molecular weight excluding hydrogens is 271 g/mol. The second kappa shape index (κ2) is 8.26. The van der Waals surface area contributed by atoms with Crippen molar-refractivity contribution < 1.29 is 17.9 Å². The van der Waals surface area contributed by atoms with E-state index in [1.54, 1.807) is 6.20 Å². The topological polar surface area (TPSA) is 39.1 Å². The van der Waals surface area contributed by atoms with Crippen molar-refractivity contribution in [2.75, 3.05) is 19.8 Å². The van der Waals surface area contributed by atoms with E-state index in [-0.39, 0.29) is 12.6 Å². The molecule has 1 heterocycles. The zero-order valence-electron chi connectivity index (χ0n) is 11.9. The number of aryl methyl sites for hydroxylation is 2. The maximum atomic E-state index is 12.0. The summed E-state index contributed by atoms with van der Waals surface area (Å²) in [5.74, 6) is 0.976. The van der Waals surface area contributed by atoms with E-state index < -0.39 is 12.8 Å². The molecule has 1 atom stereocenters. The van der Waals surface area contributed by atoms with Gasteiger partial charge >= 0.3 is 6.18 Å². The lowest BCUT2D eigenvalue weighted by Crippen LogP contribution is -2.31. The number of imidazole rings is 1. The molecular formula is C13H22F3N3O. The average molecular weight is 293 g/mol. The second-order valence-corrected chi connectivity index (χ2v) is 4.70. The minimum atomic E-state index is -4.25. The van der Waals surface area contributed by atoms with E-state index in [2.05, 4.69) is 15.0 Å². The summed E-state index contributed by atoms with van der Waals surface area (Å²) in [4.78, 5) is 4.23. The minimum absolute atomic E-state index is 0.109. The molecule has 4 nitrogen and oxygen atoms in total. The number of hydrogen-bond donors (Lipinski definition) is 1. The molecule has 0 saturated heterocycles. The van der Waals surface area contributed by atoms with Crippen LogP contribution in [0.25, 0.3) is 0 Å². The number of rotatable bonds is 9. The van der Waals surface area contributed by atoms with E-state index in [1.807, 2.05) is 24.7 Å². The Kier molecular flexibility index (Phi) is 7.01. The zero-order valence-corrected chi connectivity index (χ0v) is 11.9. The number of halogens is 3. The monoisotopic (exact) mass is 293 g/mol. The van der Waals surface area contributed by atoms with Crippen molar-refractivity contribution >= 4 is 0 Å². The van der Waals surface area contributed by atoms with Crippen molar-refractivity contribution in [3.63, 3.8) is 0 Å². The van der Waals surface area contributed by atoms with Crippen LogP contribution in [0.1, 0.15) is 25.6 Å². The highest BCUT2D eigenvalue weighted by Crippen LogP contribution is 2.15. The Labute approximate surface area is 117 Å². The predicted octanol–water partition coefficient (Wildman–Crippen LogP) is 2.30. The van der Waals surface area contributed by atoms with Gasteiger partial charge in [-0.3, -0.25) is 0 Å². The van der Waals surface area contributed by atoms with Crippen molar-refractivity contribution in [1.82, 2.24) is 14.9 Å². The SMILES string of the molecule is CCNC(CCOCC(F)(F)F)CCc1nccn1C. The quantitative estimate of drug-likeness (QED) is 0.710. The molecule has 1 rings (SSSR count). The highest BCUT2D eigenvalue weighted by atomic mass is 19.4. The number of nitrogens with one attached hydrogen (secondary N) is 1. The first-order chi connectivity index (χ1) is 9.42. The van der Waals surface area contributed by atoms with Gasteiger partial charge in [0.15, 0.2) is 0 Å². The number of nitrogens with zero attached hydrogens (tertiary/aromatic N) is 2. The molecule has 0 radical (unpaired) electrons. The maximum Gasteiger partial charge on any atom is 0.411 e. The first-order valence-electron chi connectivity index (χ1n) is 6.76. The fourth-order valence-corrected chi connectivity index (χ4v) is 1.99. The third kappa shape index (κ3) is 6.91. The number of hydrogen-bond acceptors (Lipinski definition) is 3. The summed E-state index contributed by atoms with van der Waals surface area (Å²) in [6.45, 7) is 1.69. The molecule has 1 aromatic heterocycles. The molecule has 0 spiro atoms. The molecule has 7 heteroatoms. The van der Waals surface area contributed by atoms with Gasteiger partial charge in [0.1, 0.15) is 12.4 Å². The summed E-state index contributed by atoms with van der Waals surface area (Å²) < 4.78 is 42.5. The Balaban J connectivity index is 2.28. The van der Waals surface area contributed by atoms with Crippen molar-refractivity contribution in [3.05, 3.63) is 18.2 Å². The number of alkyl halides is 3. The van der Waals surface area contributed by atoms with Gasteiger partial charge in [0, 0.05) is 38.5 Å². The molecule has 0 fully saturated rings. The summed E-state index contributed by atoms with van der Waals surface area (Å²) >= 11 is 0. The number of aromatic nitrogens is 2. The van der Waals surface area contributed by atoms with Crippen LogP contribution in [-0.2, 0) is 18.2 Å². The third-order valence-corrected chi connectivity index (χ3v) is 3.01. The normalized spacial score (nSPS) is 13.7. The fourth-order valence-electron chi connectivity index (χ4n) is 1.99. The van der Waals surface area contributed by atoms with Crippen LogP contribution >= 0.6 is 0 Å². The molecule has 1 aromatic rings. The third-order valence-electron chi connectivity index (χ3n) is 3.01. The molecule has 0 amide bonds. The summed E-state index contributed by atoms with van der Waals surface area (Å²) in [6, 6.07) is 0.143. The minimum Gasteiger partial charge on any atom is -0.372 e. The number of ether oxygens (including phenoxy) is 1. The Bertz CT molecular complexity index is 379. The van der Waals surface area contributed by atoms with E-state index >= 15 is 0 Å². The molecule has 1 unspecified atom stereocenters. The van der Waals surface area contributed by atoms with Crippen molar-refractivity contribution in [1.29, 1.82) is 0 Å². The summed E-state index contributed by atoms with van der Waals surface area (Å²) in [5, 5.41) is 3.26. The van der Waals surface area contributed by atoms with Gasteiger partial charge in [-0.15, -0.1) is 0 Å². The van der Waals surface area contributed by atoms with E-state index in [0.717, 1.165) is 25.2 Å². The van der Waals surface area contributed by atoms with Gasteiger partial charge in [-0.2, -0.15) is 13.2 Å². The van der Waals surface area contributed by atoms with E-state index in [4.69, 9.17) is 0 Å². The van der Waals surface area contributed by atoms with E-state index in [1.165, 1.54) is 0 Å². The molecule has 116 valence electrons. The predicted molar refractivity (Wildman–Crippen MR) is 70.5 cm³/mol. The van der Waals surface area contributed by atoms with Gasteiger partial charge in [-0.05, 0) is 19.4 Å². The Morgan fingerprint density at radius 1 is 1.40 bits per heavy atom. The molecule has 0 aromatic carbocycles. The Morgan fingerprint density at radius 3 is 2.70 bits per heavy atom. The van der Waals surface area contributed by atoms with Gasteiger partial charge in [0.05, 0.1) is 0 Å². The van der Waals surface area contributed by atoms with Gasteiger partial charge in [-0.25, -0.2) is 4.98 Å². The highest BCUT2D eigenvalue weighted by molar-refractivity contribution is 4.92. The first-order valence-corrected chi connectivity index (χ1v) is 6.76. The van der Waals surface area contributed by atoms with Gasteiger partial charge in [0.25, 0.3) is 0 Å². The van der Waals surface area contributed by atoms with Gasteiger partial charge in [-0.1, -0.05) is 6.92 Å². The van der Waals surface area contributed by atoms with Crippen molar-refractivity contribution in [3.8, 4) is 0 Å². The summed E-state index contributed by atoms with van der Waals surface area (Å²) in [6.07, 6.45) is 1.55. The van der Waals surface area contributed by atoms with Crippen LogP contribution in [0.15, 0.2) is 12.4 Å². The van der Waals surface area contributed by atoms with Crippen molar-refractivity contribution in [2.45, 2.75) is 38.4 Å². The summed E-state index contributed by atoms with van der Waals surface area (Å²) in [5.41, 5.74) is 0. The second-order valence-electron chi connectivity index (χ2n) is 4.70. The van der Waals surface area contributed by atoms with Crippen LogP contribution < -0.4 is 5.32 Å². The Morgan fingerprint density at radius 2 is 2.15 bits per heavy atom. The van der Waals surface area contributed by atoms with Crippen LogP contribution in [0.5, 0.6) is 0 Å². The van der Waals surface area contributed by atoms with Crippen LogP contribution in [0, 0.1) is 0 Å². The van der Waals surface area contributed by atoms with E-state index in [9.17, 15) is 13.2 Å².